The number of aromatic nitrogens is 2. The van der Waals surface area contributed by atoms with Gasteiger partial charge in [0.15, 0.2) is 5.75 Å². The summed E-state index contributed by atoms with van der Waals surface area (Å²) in [5, 5.41) is 8.03. The number of methoxy groups -OCH3 is 1. The van der Waals surface area contributed by atoms with E-state index in [2.05, 4.69) is 42.8 Å². The topological polar surface area (TPSA) is 39.1 Å². The van der Waals surface area contributed by atoms with Crippen LogP contribution in [0, 0.1) is 5.92 Å². The van der Waals surface area contributed by atoms with Crippen molar-refractivity contribution in [3.05, 3.63) is 11.9 Å². The van der Waals surface area contributed by atoms with E-state index in [1.54, 1.807) is 7.11 Å². The van der Waals surface area contributed by atoms with Gasteiger partial charge in [-0.2, -0.15) is 5.10 Å². The van der Waals surface area contributed by atoms with Crippen molar-refractivity contribution in [3.63, 3.8) is 0 Å². The second-order valence-electron chi connectivity index (χ2n) is 5.40. The maximum absolute atomic E-state index is 5.48. The van der Waals surface area contributed by atoms with Crippen LogP contribution in [0.15, 0.2) is 6.20 Å². The van der Waals surface area contributed by atoms with E-state index in [0.29, 0.717) is 6.04 Å². The molecule has 0 radical (unpaired) electrons. The van der Waals surface area contributed by atoms with Gasteiger partial charge in [-0.15, -0.1) is 0 Å². The molecule has 0 fully saturated rings. The van der Waals surface area contributed by atoms with Crippen molar-refractivity contribution in [1.82, 2.24) is 15.1 Å². The van der Waals surface area contributed by atoms with E-state index in [1.807, 2.05) is 6.20 Å². The summed E-state index contributed by atoms with van der Waals surface area (Å²) in [6.07, 6.45) is 5.25. The molecule has 4 heteroatoms. The highest BCUT2D eigenvalue weighted by Crippen LogP contribution is 2.29. The Bertz CT molecular complexity index is 360. The van der Waals surface area contributed by atoms with E-state index in [4.69, 9.17) is 4.74 Å². The average Bonchev–Trinajstić information content (AvgIpc) is 2.77. The number of ether oxygens (including phenoxy) is 1. The van der Waals surface area contributed by atoms with Crippen LogP contribution in [0.5, 0.6) is 5.75 Å². The molecule has 1 N–H and O–H groups in total. The molecule has 0 aliphatic carbocycles. The fourth-order valence-electron chi connectivity index (χ4n) is 2.36. The van der Waals surface area contributed by atoms with Crippen molar-refractivity contribution in [2.45, 2.75) is 59.5 Å². The molecule has 0 aliphatic rings. The lowest BCUT2D eigenvalue weighted by Crippen LogP contribution is -2.25. The lowest BCUT2D eigenvalue weighted by atomic mass is 10.0. The van der Waals surface area contributed by atoms with Crippen LogP contribution in [-0.2, 0) is 6.54 Å². The second-order valence-corrected chi connectivity index (χ2v) is 5.40. The molecule has 1 heterocycles. The van der Waals surface area contributed by atoms with Crippen LogP contribution in [0.4, 0.5) is 0 Å². The zero-order valence-corrected chi connectivity index (χ0v) is 13.1. The first-order chi connectivity index (χ1) is 9.13. The standard InChI is InChI=1S/C15H29N3O/c1-6-10-18-15(14(19-5)11-17-18)13(16-7-2)9-8-12(3)4/h11-13,16H,6-10H2,1-5H3. The van der Waals surface area contributed by atoms with Gasteiger partial charge in [0.1, 0.15) is 0 Å². The molecule has 0 saturated carbocycles. The largest absolute Gasteiger partial charge is 0.493 e. The van der Waals surface area contributed by atoms with Crippen LogP contribution in [-0.4, -0.2) is 23.4 Å². The molecule has 19 heavy (non-hydrogen) atoms. The molecule has 110 valence electrons. The van der Waals surface area contributed by atoms with E-state index in [9.17, 15) is 0 Å². The summed E-state index contributed by atoms with van der Waals surface area (Å²) in [5.41, 5.74) is 1.20. The van der Waals surface area contributed by atoms with Crippen molar-refractivity contribution in [2.75, 3.05) is 13.7 Å². The van der Waals surface area contributed by atoms with Crippen LogP contribution < -0.4 is 10.1 Å². The van der Waals surface area contributed by atoms with E-state index < -0.39 is 0 Å². The predicted octanol–water partition coefficient (Wildman–Crippen LogP) is 3.39. The molecule has 0 spiro atoms. The Morgan fingerprint density at radius 2 is 2.05 bits per heavy atom. The SMILES string of the molecule is CCCn1ncc(OC)c1C(CCC(C)C)NCC. The first-order valence-corrected chi connectivity index (χ1v) is 7.47. The van der Waals surface area contributed by atoms with Crippen LogP contribution in [0.2, 0.25) is 0 Å². The molecular formula is C15H29N3O. The number of nitrogens with zero attached hydrogens (tertiary/aromatic N) is 2. The Morgan fingerprint density at radius 1 is 1.32 bits per heavy atom. The van der Waals surface area contributed by atoms with Gasteiger partial charge in [0.2, 0.25) is 0 Å². The molecule has 0 bridgehead atoms. The van der Waals surface area contributed by atoms with Crippen molar-refractivity contribution in [3.8, 4) is 5.75 Å². The zero-order chi connectivity index (χ0) is 14.3. The molecule has 0 aliphatic heterocycles. The monoisotopic (exact) mass is 267 g/mol. The maximum Gasteiger partial charge on any atom is 0.161 e. The van der Waals surface area contributed by atoms with Gasteiger partial charge in [0.05, 0.1) is 25.0 Å². The Kier molecular flexibility index (Phi) is 6.92. The fourth-order valence-corrected chi connectivity index (χ4v) is 2.36. The summed E-state index contributed by atoms with van der Waals surface area (Å²) in [6, 6.07) is 0.330. The molecule has 1 rings (SSSR count). The smallest absolute Gasteiger partial charge is 0.161 e. The van der Waals surface area contributed by atoms with Crippen LogP contribution in [0.1, 0.15) is 58.7 Å². The minimum absolute atomic E-state index is 0.330. The summed E-state index contributed by atoms with van der Waals surface area (Å²) in [6.45, 7) is 10.8. The highest BCUT2D eigenvalue weighted by molar-refractivity contribution is 5.28. The molecular weight excluding hydrogens is 238 g/mol. The predicted molar refractivity (Wildman–Crippen MR) is 79.6 cm³/mol. The van der Waals surface area contributed by atoms with E-state index in [0.717, 1.165) is 37.6 Å². The molecule has 0 amide bonds. The van der Waals surface area contributed by atoms with E-state index in [1.165, 1.54) is 12.1 Å². The van der Waals surface area contributed by atoms with Crippen LogP contribution >= 0.6 is 0 Å². The Morgan fingerprint density at radius 3 is 2.58 bits per heavy atom. The van der Waals surface area contributed by atoms with Gasteiger partial charge < -0.3 is 10.1 Å². The van der Waals surface area contributed by atoms with Gasteiger partial charge in [0.25, 0.3) is 0 Å². The highest BCUT2D eigenvalue weighted by atomic mass is 16.5. The van der Waals surface area contributed by atoms with Gasteiger partial charge in [-0.3, -0.25) is 4.68 Å². The molecule has 1 atom stereocenters. The second kappa shape index (κ2) is 8.20. The van der Waals surface area contributed by atoms with Crippen molar-refractivity contribution >= 4 is 0 Å². The number of hydrogen-bond acceptors (Lipinski definition) is 3. The van der Waals surface area contributed by atoms with Gasteiger partial charge in [-0.1, -0.05) is 27.7 Å². The quantitative estimate of drug-likeness (QED) is 0.745. The van der Waals surface area contributed by atoms with Crippen LogP contribution in [0.3, 0.4) is 0 Å². The van der Waals surface area contributed by atoms with Crippen molar-refractivity contribution in [1.29, 1.82) is 0 Å². The molecule has 1 aromatic rings. The minimum atomic E-state index is 0.330. The summed E-state index contributed by atoms with van der Waals surface area (Å²) >= 11 is 0. The Hall–Kier alpha value is -1.03. The third kappa shape index (κ3) is 4.53. The maximum atomic E-state index is 5.48. The first kappa shape index (κ1) is 16.0. The van der Waals surface area contributed by atoms with Gasteiger partial charge in [0, 0.05) is 6.54 Å². The molecule has 0 aromatic carbocycles. The Balaban J connectivity index is 2.94. The zero-order valence-electron chi connectivity index (χ0n) is 13.1. The van der Waals surface area contributed by atoms with E-state index in [-0.39, 0.29) is 0 Å². The summed E-state index contributed by atoms with van der Waals surface area (Å²) in [7, 11) is 1.72. The van der Waals surface area contributed by atoms with Crippen molar-refractivity contribution in [2.24, 2.45) is 5.92 Å². The molecule has 0 saturated heterocycles. The van der Waals surface area contributed by atoms with Crippen LogP contribution in [0.25, 0.3) is 0 Å². The van der Waals surface area contributed by atoms with Gasteiger partial charge >= 0.3 is 0 Å². The average molecular weight is 267 g/mol. The number of aryl methyl sites for hydroxylation is 1. The van der Waals surface area contributed by atoms with E-state index >= 15 is 0 Å². The first-order valence-electron chi connectivity index (χ1n) is 7.47. The third-order valence-corrected chi connectivity index (χ3v) is 3.31. The number of nitrogens with one attached hydrogen (secondary N) is 1. The number of hydrogen-bond donors (Lipinski definition) is 1. The summed E-state index contributed by atoms with van der Waals surface area (Å²) in [5.74, 6) is 1.62. The highest BCUT2D eigenvalue weighted by Gasteiger charge is 2.21. The summed E-state index contributed by atoms with van der Waals surface area (Å²) in [4.78, 5) is 0. The molecule has 1 aromatic heterocycles. The third-order valence-electron chi connectivity index (χ3n) is 3.31. The number of rotatable bonds is 9. The normalized spacial score (nSPS) is 12.9. The lowest BCUT2D eigenvalue weighted by molar-refractivity contribution is 0.374. The lowest BCUT2D eigenvalue weighted by Gasteiger charge is -2.21. The minimum Gasteiger partial charge on any atom is -0.493 e. The Labute approximate surface area is 117 Å². The summed E-state index contributed by atoms with van der Waals surface area (Å²) < 4.78 is 7.57. The van der Waals surface area contributed by atoms with Crippen molar-refractivity contribution < 1.29 is 4.74 Å². The molecule has 1 unspecified atom stereocenters. The molecule has 4 nitrogen and oxygen atoms in total. The van der Waals surface area contributed by atoms with Gasteiger partial charge in [-0.05, 0) is 31.7 Å². The fraction of sp³-hybridized carbons (Fsp3) is 0.800. The van der Waals surface area contributed by atoms with Gasteiger partial charge in [-0.25, -0.2) is 0 Å².